The van der Waals surface area contributed by atoms with Crippen molar-refractivity contribution < 1.29 is 14.5 Å². The first-order valence-corrected chi connectivity index (χ1v) is 7.84. The summed E-state index contributed by atoms with van der Waals surface area (Å²) >= 11 is 11.8. The zero-order valence-electron chi connectivity index (χ0n) is 12.5. The molecule has 0 aromatic heterocycles. The van der Waals surface area contributed by atoms with Gasteiger partial charge in [-0.05, 0) is 30.7 Å². The van der Waals surface area contributed by atoms with Gasteiger partial charge in [-0.1, -0.05) is 35.3 Å². The van der Waals surface area contributed by atoms with E-state index in [1.807, 2.05) is 0 Å². The second kappa shape index (κ2) is 8.52. The second-order valence-corrected chi connectivity index (χ2v) is 5.69. The smallest absolute Gasteiger partial charge is 0.310 e. The van der Waals surface area contributed by atoms with E-state index in [9.17, 15) is 14.9 Å². The van der Waals surface area contributed by atoms with Gasteiger partial charge in [0.2, 0.25) is 5.91 Å². The minimum absolute atomic E-state index is 0.104. The minimum atomic E-state index is -0.511. The summed E-state index contributed by atoms with van der Waals surface area (Å²) in [4.78, 5) is 22.2. The Labute approximate surface area is 148 Å². The van der Waals surface area contributed by atoms with Crippen molar-refractivity contribution >= 4 is 40.5 Å². The van der Waals surface area contributed by atoms with Gasteiger partial charge in [-0.3, -0.25) is 14.9 Å². The molecule has 0 heterocycles. The highest BCUT2D eigenvalue weighted by Crippen LogP contribution is 2.27. The number of hydrogen-bond donors (Lipinski definition) is 1. The van der Waals surface area contributed by atoms with E-state index in [2.05, 4.69) is 5.32 Å². The normalized spacial score (nSPS) is 10.2. The van der Waals surface area contributed by atoms with E-state index in [1.165, 1.54) is 12.1 Å². The van der Waals surface area contributed by atoms with E-state index in [-0.39, 0.29) is 30.4 Å². The molecule has 1 N–H and O–H groups in total. The van der Waals surface area contributed by atoms with E-state index in [0.717, 1.165) is 0 Å². The number of benzene rings is 2. The molecule has 1 amide bonds. The topological polar surface area (TPSA) is 81.5 Å². The lowest BCUT2D eigenvalue weighted by atomic mass is 10.2. The number of ether oxygens (including phenoxy) is 1. The summed E-state index contributed by atoms with van der Waals surface area (Å²) in [6.45, 7) is 0.182. The zero-order valence-corrected chi connectivity index (χ0v) is 14.0. The standard InChI is InChI=1S/C16H14Cl2N2O4/c17-11-7-8-12(18)13(10-11)19-16(21)6-3-9-24-15-5-2-1-4-14(15)20(22)23/h1-2,4-5,7-8,10H,3,6,9H2,(H,19,21). The molecule has 0 saturated carbocycles. The molecule has 0 bridgehead atoms. The van der Waals surface area contributed by atoms with Crippen LogP contribution in [0.1, 0.15) is 12.8 Å². The van der Waals surface area contributed by atoms with E-state index in [1.54, 1.807) is 30.3 Å². The van der Waals surface area contributed by atoms with Crippen LogP contribution in [-0.2, 0) is 4.79 Å². The van der Waals surface area contributed by atoms with Gasteiger partial charge in [0, 0.05) is 17.5 Å². The van der Waals surface area contributed by atoms with Crippen LogP contribution in [0.3, 0.4) is 0 Å². The maximum Gasteiger partial charge on any atom is 0.310 e. The number of halogens is 2. The molecular formula is C16H14Cl2N2O4. The molecule has 0 aliphatic heterocycles. The molecule has 0 radical (unpaired) electrons. The molecular weight excluding hydrogens is 355 g/mol. The number of carbonyl (C=O) groups is 1. The quantitative estimate of drug-likeness (QED) is 0.436. The number of hydrogen-bond acceptors (Lipinski definition) is 4. The number of nitrogens with zero attached hydrogens (tertiary/aromatic N) is 1. The highest BCUT2D eigenvalue weighted by atomic mass is 35.5. The SMILES string of the molecule is O=C(CCCOc1ccccc1[N+](=O)[O-])Nc1cc(Cl)ccc1Cl. The molecule has 2 aromatic carbocycles. The van der Waals surface area contributed by atoms with Gasteiger partial charge in [-0.2, -0.15) is 0 Å². The number of carbonyl (C=O) groups excluding carboxylic acids is 1. The highest BCUT2D eigenvalue weighted by molar-refractivity contribution is 6.35. The van der Waals surface area contributed by atoms with Gasteiger partial charge in [0.25, 0.3) is 0 Å². The molecule has 24 heavy (non-hydrogen) atoms. The van der Waals surface area contributed by atoms with Gasteiger partial charge in [0.15, 0.2) is 5.75 Å². The Kier molecular flexibility index (Phi) is 6.40. The van der Waals surface area contributed by atoms with Gasteiger partial charge in [-0.25, -0.2) is 0 Å². The first-order chi connectivity index (χ1) is 11.5. The van der Waals surface area contributed by atoms with Gasteiger partial charge < -0.3 is 10.1 Å². The molecule has 0 aliphatic rings. The summed E-state index contributed by atoms with van der Waals surface area (Å²) in [6.07, 6.45) is 0.583. The fourth-order valence-electron chi connectivity index (χ4n) is 1.95. The fourth-order valence-corrected chi connectivity index (χ4v) is 2.29. The van der Waals surface area contributed by atoms with Gasteiger partial charge in [0.05, 0.1) is 22.2 Å². The average Bonchev–Trinajstić information content (AvgIpc) is 2.55. The molecule has 8 heteroatoms. The maximum atomic E-state index is 11.9. The second-order valence-electron chi connectivity index (χ2n) is 4.85. The molecule has 6 nitrogen and oxygen atoms in total. The lowest BCUT2D eigenvalue weighted by Crippen LogP contribution is -2.13. The fraction of sp³-hybridized carbons (Fsp3) is 0.188. The summed E-state index contributed by atoms with van der Waals surface area (Å²) in [6, 6.07) is 10.9. The third kappa shape index (κ3) is 5.11. The van der Waals surface area contributed by atoms with Crippen molar-refractivity contribution in [1.29, 1.82) is 0 Å². The van der Waals surface area contributed by atoms with Crippen molar-refractivity contribution in [2.24, 2.45) is 0 Å². The van der Waals surface area contributed by atoms with Crippen LogP contribution in [0.5, 0.6) is 5.75 Å². The van der Waals surface area contributed by atoms with Crippen LogP contribution in [0.15, 0.2) is 42.5 Å². The third-order valence-corrected chi connectivity index (χ3v) is 3.63. The van der Waals surface area contributed by atoms with Crippen molar-refractivity contribution in [3.8, 4) is 5.75 Å². The van der Waals surface area contributed by atoms with Crippen LogP contribution in [0, 0.1) is 10.1 Å². The number of nitrogens with one attached hydrogen (secondary N) is 1. The largest absolute Gasteiger partial charge is 0.487 e. The predicted octanol–water partition coefficient (Wildman–Crippen LogP) is 4.70. The van der Waals surface area contributed by atoms with Crippen LogP contribution in [-0.4, -0.2) is 17.4 Å². The lowest BCUT2D eigenvalue weighted by Gasteiger charge is -2.09. The Balaban J connectivity index is 1.81. The Morgan fingerprint density at radius 2 is 1.96 bits per heavy atom. The summed E-state index contributed by atoms with van der Waals surface area (Å²) in [5, 5.41) is 14.4. The Hall–Kier alpha value is -2.31. The molecule has 0 fully saturated rings. The Morgan fingerprint density at radius 1 is 1.21 bits per heavy atom. The maximum absolute atomic E-state index is 11.9. The van der Waals surface area contributed by atoms with Gasteiger partial charge in [0.1, 0.15) is 0 Å². The zero-order chi connectivity index (χ0) is 17.5. The van der Waals surface area contributed by atoms with E-state index in [0.29, 0.717) is 22.2 Å². The molecule has 2 rings (SSSR count). The van der Waals surface area contributed by atoms with E-state index >= 15 is 0 Å². The number of para-hydroxylation sites is 2. The minimum Gasteiger partial charge on any atom is -0.487 e. The average molecular weight is 369 g/mol. The van der Waals surface area contributed by atoms with Gasteiger partial charge in [-0.15, -0.1) is 0 Å². The van der Waals surface area contributed by atoms with Crippen molar-refractivity contribution in [2.45, 2.75) is 12.8 Å². The molecule has 126 valence electrons. The van der Waals surface area contributed by atoms with Crippen LogP contribution in [0.25, 0.3) is 0 Å². The van der Waals surface area contributed by atoms with Crippen molar-refractivity contribution in [2.75, 3.05) is 11.9 Å². The molecule has 0 aliphatic carbocycles. The summed E-state index contributed by atoms with van der Waals surface area (Å²) < 4.78 is 5.37. The number of nitro groups is 1. The van der Waals surface area contributed by atoms with Gasteiger partial charge >= 0.3 is 5.69 Å². The molecule has 0 spiro atoms. The molecule has 0 atom stereocenters. The molecule has 0 saturated heterocycles. The number of anilines is 1. The first kappa shape index (κ1) is 18.0. The summed E-state index contributed by atoms with van der Waals surface area (Å²) in [5.74, 6) is -0.0638. The van der Waals surface area contributed by atoms with Crippen LogP contribution < -0.4 is 10.1 Å². The monoisotopic (exact) mass is 368 g/mol. The van der Waals surface area contributed by atoms with Crippen molar-refractivity contribution in [3.05, 3.63) is 62.6 Å². The van der Waals surface area contributed by atoms with Crippen LogP contribution in [0.2, 0.25) is 10.0 Å². The van der Waals surface area contributed by atoms with Crippen molar-refractivity contribution in [1.82, 2.24) is 0 Å². The Bertz CT molecular complexity index is 753. The van der Waals surface area contributed by atoms with E-state index in [4.69, 9.17) is 27.9 Å². The highest BCUT2D eigenvalue weighted by Gasteiger charge is 2.13. The summed E-state index contributed by atoms with van der Waals surface area (Å²) in [7, 11) is 0. The van der Waals surface area contributed by atoms with Crippen LogP contribution >= 0.6 is 23.2 Å². The number of nitro benzene ring substituents is 1. The van der Waals surface area contributed by atoms with Crippen molar-refractivity contribution in [3.63, 3.8) is 0 Å². The Morgan fingerprint density at radius 3 is 2.71 bits per heavy atom. The molecule has 2 aromatic rings. The third-order valence-electron chi connectivity index (χ3n) is 3.07. The first-order valence-electron chi connectivity index (χ1n) is 7.08. The summed E-state index contributed by atoms with van der Waals surface area (Å²) in [5.41, 5.74) is 0.335. The van der Waals surface area contributed by atoms with Crippen LogP contribution in [0.4, 0.5) is 11.4 Å². The van der Waals surface area contributed by atoms with E-state index < -0.39 is 4.92 Å². The lowest BCUT2D eigenvalue weighted by molar-refractivity contribution is -0.385. The number of amides is 1. The predicted molar refractivity (Wildman–Crippen MR) is 92.9 cm³/mol. The number of rotatable bonds is 7. The molecule has 0 unspecified atom stereocenters.